The summed E-state index contributed by atoms with van der Waals surface area (Å²) < 4.78 is 0. The van der Waals surface area contributed by atoms with Gasteiger partial charge in [0.25, 0.3) is 0 Å². The van der Waals surface area contributed by atoms with Gasteiger partial charge < -0.3 is 16.2 Å². The lowest BCUT2D eigenvalue weighted by Crippen LogP contribution is -2.35. The Hall–Kier alpha value is -2.08. The first-order chi connectivity index (χ1) is 11.3. The Labute approximate surface area is 145 Å². The summed E-state index contributed by atoms with van der Waals surface area (Å²) in [7, 11) is 0. The van der Waals surface area contributed by atoms with Crippen LogP contribution >= 0.6 is 11.6 Å². The highest BCUT2D eigenvalue weighted by molar-refractivity contribution is 6.34. The van der Waals surface area contributed by atoms with Crippen LogP contribution in [-0.4, -0.2) is 22.9 Å². The van der Waals surface area contributed by atoms with Gasteiger partial charge in [-0.2, -0.15) is 0 Å². The Kier molecular flexibility index (Phi) is 5.83. The number of anilines is 1. The van der Waals surface area contributed by atoms with Crippen LogP contribution in [-0.2, 0) is 9.59 Å². The molecule has 0 saturated heterocycles. The van der Waals surface area contributed by atoms with Crippen molar-refractivity contribution in [2.45, 2.75) is 44.9 Å². The highest BCUT2D eigenvalue weighted by Gasteiger charge is 2.40. The number of primary amides is 1. The second-order valence-corrected chi connectivity index (χ2v) is 6.69. The van der Waals surface area contributed by atoms with Crippen LogP contribution in [0.15, 0.2) is 18.2 Å². The van der Waals surface area contributed by atoms with Crippen molar-refractivity contribution in [1.82, 2.24) is 0 Å². The topological polar surface area (TPSA) is 109 Å². The normalized spacial score (nSPS) is 16.9. The summed E-state index contributed by atoms with van der Waals surface area (Å²) in [4.78, 5) is 35.2. The van der Waals surface area contributed by atoms with Gasteiger partial charge in [-0.1, -0.05) is 37.3 Å². The third-order valence-corrected chi connectivity index (χ3v) is 4.84. The van der Waals surface area contributed by atoms with E-state index in [1.54, 1.807) is 0 Å². The van der Waals surface area contributed by atoms with E-state index in [1.807, 2.05) is 0 Å². The van der Waals surface area contributed by atoms with Crippen molar-refractivity contribution in [3.8, 4) is 0 Å². The molecule has 130 valence electrons. The van der Waals surface area contributed by atoms with Crippen molar-refractivity contribution in [2.75, 3.05) is 5.32 Å². The quantitative estimate of drug-likeness (QED) is 0.707. The van der Waals surface area contributed by atoms with Crippen LogP contribution in [0.4, 0.5) is 5.69 Å². The lowest BCUT2D eigenvalue weighted by molar-refractivity contribution is -0.152. The zero-order chi connectivity index (χ0) is 17.7. The minimum Gasteiger partial charge on any atom is -0.481 e. The molecule has 0 heterocycles. The number of benzene rings is 1. The fourth-order valence-electron chi connectivity index (χ4n) is 3.18. The number of hydrogen-bond donors (Lipinski definition) is 3. The molecule has 2 rings (SSSR count). The largest absolute Gasteiger partial charge is 0.481 e. The van der Waals surface area contributed by atoms with E-state index in [2.05, 4.69) is 5.32 Å². The standard InChI is InChI=1S/C17H21ClN2O4/c18-13-9-11(5-6-12(13)15(19)22)20-14(21)10-17(16(23)24)7-3-1-2-4-8-17/h5-6,9H,1-4,7-8,10H2,(H2,19,22)(H,20,21)(H,23,24). The Bertz CT molecular complexity index is 652. The maximum absolute atomic E-state index is 12.3. The number of carboxylic acids is 1. The summed E-state index contributed by atoms with van der Waals surface area (Å²) in [6.07, 6.45) is 4.59. The molecule has 1 aromatic rings. The van der Waals surface area contributed by atoms with E-state index in [0.717, 1.165) is 25.7 Å². The van der Waals surface area contributed by atoms with Crippen molar-refractivity contribution in [3.05, 3.63) is 28.8 Å². The Balaban J connectivity index is 2.09. The average molecular weight is 353 g/mol. The summed E-state index contributed by atoms with van der Waals surface area (Å²) >= 11 is 5.95. The Morgan fingerprint density at radius 2 is 1.79 bits per heavy atom. The molecular formula is C17H21ClN2O4. The molecule has 1 aromatic carbocycles. The van der Waals surface area contributed by atoms with Crippen LogP contribution in [0, 0.1) is 5.41 Å². The lowest BCUT2D eigenvalue weighted by atomic mass is 9.77. The first-order valence-corrected chi connectivity index (χ1v) is 8.34. The number of carbonyl (C=O) groups excluding carboxylic acids is 2. The summed E-state index contributed by atoms with van der Waals surface area (Å²) in [5.74, 6) is -1.94. The molecule has 7 heteroatoms. The monoisotopic (exact) mass is 352 g/mol. The maximum atomic E-state index is 12.3. The molecule has 1 fully saturated rings. The number of carboxylic acid groups (broad SMARTS) is 1. The van der Waals surface area contributed by atoms with Gasteiger partial charge in [-0.15, -0.1) is 0 Å². The molecule has 1 saturated carbocycles. The minimum atomic E-state index is -1.00. The zero-order valence-corrected chi connectivity index (χ0v) is 14.1. The van der Waals surface area contributed by atoms with E-state index < -0.39 is 17.3 Å². The molecule has 1 aliphatic rings. The van der Waals surface area contributed by atoms with E-state index in [1.165, 1.54) is 18.2 Å². The number of rotatable bonds is 5. The minimum absolute atomic E-state index is 0.0719. The second-order valence-electron chi connectivity index (χ2n) is 6.28. The van der Waals surface area contributed by atoms with Crippen molar-refractivity contribution < 1.29 is 19.5 Å². The first-order valence-electron chi connectivity index (χ1n) is 7.97. The number of nitrogens with two attached hydrogens (primary N) is 1. The van der Waals surface area contributed by atoms with E-state index in [-0.39, 0.29) is 22.9 Å². The van der Waals surface area contributed by atoms with Gasteiger partial charge in [-0.05, 0) is 31.0 Å². The van der Waals surface area contributed by atoms with E-state index in [4.69, 9.17) is 17.3 Å². The molecule has 6 nitrogen and oxygen atoms in total. The number of carbonyl (C=O) groups is 3. The van der Waals surface area contributed by atoms with E-state index in [0.29, 0.717) is 18.5 Å². The van der Waals surface area contributed by atoms with Gasteiger partial charge in [0.15, 0.2) is 0 Å². The average Bonchev–Trinajstić information content (AvgIpc) is 2.73. The summed E-state index contributed by atoms with van der Waals surface area (Å²) in [5.41, 5.74) is 4.75. The van der Waals surface area contributed by atoms with Crippen molar-refractivity contribution >= 4 is 35.1 Å². The van der Waals surface area contributed by atoms with E-state index in [9.17, 15) is 19.5 Å². The molecule has 0 atom stereocenters. The predicted octanol–water partition coefficient (Wildman–Crippen LogP) is 3.19. The molecule has 0 aliphatic heterocycles. The highest BCUT2D eigenvalue weighted by Crippen LogP contribution is 2.38. The summed E-state index contributed by atoms with van der Waals surface area (Å²) in [5, 5.41) is 12.4. The molecule has 24 heavy (non-hydrogen) atoms. The van der Waals surface area contributed by atoms with Crippen LogP contribution in [0.1, 0.15) is 55.3 Å². The third-order valence-electron chi connectivity index (χ3n) is 4.53. The Morgan fingerprint density at radius 3 is 2.29 bits per heavy atom. The van der Waals surface area contributed by atoms with Gasteiger partial charge in [0.05, 0.1) is 16.0 Å². The van der Waals surface area contributed by atoms with Crippen LogP contribution in [0.25, 0.3) is 0 Å². The highest BCUT2D eigenvalue weighted by atomic mass is 35.5. The van der Waals surface area contributed by atoms with Gasteiger partial charge >= 0.3 is 5.97 Å². The molecule has 4 N–H and O–H groups in total. The molecule has 0 bridgehead atoms. The van der Waals surface area contributed by atoms with E-state index >= 15 is 0 Å². The van der Waals surface area contributed by atoms with Crippen LogP contribution in [0.5, 0.6) is 0 Å². The molecule has 0 spiro atoms. The molecule has 0 radical (unpaired) electrons. The molecular weight excluding hydrogens is 332 g/mol. The van der Waals surface area contributed by atoms with Gasteiger partial charge in [0.1, 0.15) is 0 Å². The fourth-order valence-corrected chi connectivity index (χ4v) is 3.45. The number of amides is 2. The summed E-state index contributed by atoms with van der Waals surface area (Å²) in [6.45, 7) is 0. The van der Waals surface area contributed by atoms with Crippen LogP contribution < -0.4 is 11.1 Å². The first kappa shape index (κ1) is 18.3. The third kappa shape index (κ3) is 4.26. The lowest BCUT2D eigenvalue weighted by Gasteiger charge is -2.27. The van der Waals surface area contributed by atoms with Crippen molar-refractivity contribution in [2.24, 2.45) is 11.1 Å². The van der Waals surface area contributed by atoms with Crippen molar-refractivity contribution in [1.29, 1.82) is 0 Å². The fraction of sp³-hybridized carbons (Fsp3) is 0.471. The van der Waals surface area contributed by atoms with Crippen molar-refractivity contribution in [3.63, 3.8) is 0 Å². The molecule has 0 unspecified atom stereocenters. The number of aliphatic carboxylic acids is 1. The number of nitrogens with one attached hydrogen (secondary N) is 1. The maximum Gasteiger partial charge on any atom is 0.310 e. The number of hydrogen-bond acceptors (Lipinski definition) is 3. The van der Waals surface area contributed by atoms with Gasteiger partial charge in [0.2, 0.25) is 11.8 Å². The summed E-state index contributed by atoms with van der Waals surface area (Å²) in [6, 6.07) is 4.38. The van der Waals surface area contributed by atoms with Crippen LogP contribution in [0.2, 0.25) is 5.02 Å². The Morgan fingerprint density at radius 1 is 1.17 bits per heavy atom. The molecule has 1 aliphatic carbocycles. The van der Waals surface area contributed by atoms with Gasteiger partial charge in [-0.25, -0.2) is 0 Å². The molecule has 2 amide bonds. The molecule has 0 aromatic heterocycles. The van der Waals surface area contributed by atoms with Crippen LogP contribution in [0.3, 0.4) is 0 Å². The SMILES string of the molecule is NC(=O)c1ccc(NC(=O)CC2(C(=O)O)CCCCCC2)cc1Cl. The number of halogens is 1. The predicted molar refractivity (Wildman–Crippen MR) is 91.0 cm³/mol. The second kappa shape index (κ2) is 7.66. The van der Waals surface area contributed by atoms with Gasteiger partial charge in [0, 0.05) is 12.1 Å². The van der Waals surface area contributed by atoms with Gasteiger partial charge in [-0.3, -0.25) is 14.4 Å². The zero-order valence-electron chi connectivity index (χ0n) is 13.3. The smallest absolute Gasteiger partial charge is 0.310 e.